The molecular weight excluding hydrogens is 284 g/mol. The lowest BCUT2D eigenvalue weighted by molar-refractivity contribution is 0.204. The van der Waals surface area contributed by atoms with Crippen LogP contribution in [-0.4, -0.2) is 43.9 Å². The van der Waals surface area contributed by atoms with E-state index in [-0.39, 0.29) is 23.6 Å². The van der Waals surface area contributed by atoms with Crippen LogP contribution in [0.3, 0.4) is 0 Å². The molecule has 2 amide bonds. The molecule has 1 saturated heterocycles. The van der Waals surface area contributed by atoms with Gasteiger partial charge < -0.3 is 10.2 Å². The van der Waals surface area contributed by atoms with E-state index >= 15 is 0 Å². The van der Waals surface area contributed by atoms with Gasteiger partial charge in [0.05, 0.1) is 18.1 Å². The Hall–Kier alpha value is -1.08. The van der Waals surface area contributed by atoms with Crippen molar-refractivity contribution in [3.05, 3.63) is 21.9 Å². The Bertz CT molecular complexity index is 565. The van der Waals surface area contributed by atoms with Crippen molar-refractivity contribution in [2.24, 2.45) is 0 Å². The molecule has 5 nitrogen and oxygen atoms in total. The Kier molecular flexibility index (Phi) is 4.15. The summed E-state index contributed by atoms with van der Waals surface area (Å²) in [5.41, 5.74) is 0. The number of aryl methyl sites for hydroxylation is 1. The first-order chi connectivity index (χ1) is 8.85. The van der Waals surface area contributed by atoms with Gasteiger partial charge in [0.1, 0.15) is 0 Å². The second-order valence-electron chi connectivity index (χ2n) is 4.92. The quantitative estimate of drug-likeness (QED) is 0.917. The van der Waals surface area contributed by atoms with Gasteiger partial charge in [-0.05, 0) is 25.5 Å². The van der Waals surface area contributed by atoms with E-state index in [1.54, 1.807) is 23.3 Å². The fraction of sp³-hybridized carbons (Fsp3) is 0.583. The summed E-state index contributed by atoms with van der Waals surface area (Å²) >= 11 is 1.66. The van der Waals surface area contributed by atoms with Gasteiger partial charge in [-0.15, -0.1) is 11.3 Å². The van der Waals surface area contributed by atoms with Gasteiger partial charge in [0.25, 0.3) is 0 Å². The van der Waals surface area contributed by atoms with Crippen molar-refractivity contribution in [2.75, 3.05) is 18.6 Å². The van der Waals surface area contributed by atoms with Crippen molar-refractivity contribution in [3.63, 3.8) is 0 Å². The number of hydrogen-bond donors (Lipinski definition) is 1. The van der Waals surface area contributed by atoms with Crippen molar-refractivity contribution in [1.29, 1.82) is 0 Å². The second kappa shape index (κ2) is 5.50. The molecule has 1 aromatic heterocycles. The summed E-state index contributed by atoms with van der Waals surface area (Å²) < 4.78 is 22.6. The molecule has 0 spiro atoms. The van der Waals surface area contributed by atoms with E-state index in [4.69, 9.17) is 0 Å². The summed E-state index contributed by atoms with van der Waals surface area (Å²) in [7, 11) is -1.24. The van der Waals surface area contributed by atoms with Gasteiger partial charge in [0.2, 0.25) is 0 Å². The first-order valence-corrected chi connectivity index (χ1v) is 8.77. The maximum Gasteiger partial charge on any atom is 0.317 e. The van der Waals surface area contributed by atoms with Crippen LogP contribution in [0.25, 0.3) is 0 Å². The first-order valence-electron chi connectivity index (χ1n) is 6.13. The van der Waals surface area contributed by atoms with Crippen LogP contribution in [0.5, 0.6) is 0 Å². The van der Waals surface area contributed by atoms with Crippen LogP contribution in [-0.2, 0) is 16.4 Å². The number of nitrogens with one attached hydrogen (secondary N) is 1. The van der Waals surface area contributed by atoms with Gasteiger partial charge >= 0.3 is 6.03 Å². The molecule has 1 aromatic rings. The molecule has 1 aliphatic heterocycles. The van der Waals surface area contributed by atoms with Gasteiger partial charge in [-0.1, -0.05) is 0 Å². The molecule has 1 fully saturated rings. The van der Waals surface area contributed by atoms with E-state index < -0.39 is 9.84 Å². The number of urea groups is 1. The number of thiophene rings is 1. The highest BCUT2D eigenvalue weighted by molar-refractivity contribution is 7.91. The molecule has 0 bridgehead atoms. The van der Waals surface area contributed by atoms with Crippen molar-refractivity contribution in [1.82, 2.24) is 10.2 Å². The van der Waals surface area contributed by atoms with Crippen LogP contribution < -0.4 is 5.32 Å². The Morgan fingerprint density at radius 1 is 1.53 bits per heavy atom. The Morgan fingerprint density at radius 3 is 2.79 bits per heavy atom. The zero-order valence-corrected chi connectivity index (χ0v) is 12.7. The van der Waals surface area contributed by atoms with E-state index in [1.165, 1.54) is 4.88 Å². The fourth-order valence-corrected chi connectivity index (χ4v) is 4.69. The maximum absolute atomic E-state index is 11.9. The monoisotopic (exact) mass is 302 g/mol. The lowest BCUT2D eigenvalue weighted by Crippen LogP contribution is -2.43. The molecule has 0 aliphatic carbocycles. The third-order valence-electron chi connectivity index (χ3n) is 3.10. The third-order valence-corrected chi connectivity index (χ3v) is 5.85. The van der Waals surface area contributed by atoms with Crippen LogP contribution in [0.15, 0.2) is 12.1 Å². The molecule has 2 rings (SSSR count). The van der Waals surface area contributed by atoms with Crippen molar-refractivity contribution in [3.8, 4) is 0 Å². The molecule has 0 saturated carbocycles. The molecule has 2 heterocycles. The van der Waals surface area contributed by atoms with E-state index in [1.807, 2.05) is 19.1 Å². The standard InChI is InChI=1S/C12H18N2O3S2/c1-9-3-4-11(18-9)7-14(2)12(15)13-10-5-6-19(16,17)8-10/h3-4,10H,5-8H2,1-2H3,(H,13,15). The summed E-state index contributed by atoms with van der Waals surface area (Å²) in [6, 6.07) is 3.57. The van der Waals surface area contributed by atoms with Crippen LogP contribution in [0, 0.1) is 6.92 Å². The minimum atomic E-state index is -2.95. The number of sulfone groups is 1. The number of carbonyl (C=O) groups is 1. The molecule has 7 heteroatoms. The summed E-state index contributed by atoms with van der Waals surface area (Å²) in [6.07, 6.45) is 0.514. The molecule has 1 N–H and O–H groups in total. The van der Waals surface area contributed by atoms with Crippen LogP contribution >= 0.6 is 11.3 Å². The van der Waals surface area contributed by atoms with E-state index in [9.17, 15) is 13.2 Å². The largest absolute Gasteiger partial charge is 0.334 e. The molecule has 0 aromatic carbocycles. The number of amides is 2. The Morgan fingerprint density at radius 2 is 2.26 bits per heavy atom. The smallest absolute Gasteiger partial charge is 0.317 e. The average Bonchev–Trinajstić information content (AvgIpc) is 2.85. The number of hydrogen-bond acceptors (Lipinski definition) is 4. The highest BCUT2D eigenvalue weighted by Gasteiger charge is 2.29. The van der Waals surface area contributed by atoms with Crippen molar-refractivity contribution < 1.29 is 13.2 Å². The SMILES string of the molecule is Cc1ccc(CN(C)C(=O)NC2CCS(=O)(=O)C2)s1. The van der Waals surface area contributed by atoms with Gasteiger partial charge in [0.15, 0.2) is 9.84 Å². The number of carbonyl (C=O) groups excluding carboxylic acids is 1. The predicted octanol–water partition coefficient (Wildman–Crippen LogP) is 1.39. The number of nitrogens with zero attached hydrogens (tertiary/aromatic N) is 1. The minimum Gasteiger partial charge on any atom is -0.334 e. The molecule has 19 heavy (non-hydrogen) atoms. The molecule has 106 valence electrons. The predicted molar refractivity (Wildman–Crippen MR) is 76.1 cm³/mol. The number of rotatable bonds is 3. The van der Waals surface area contributed by atoms with Crippen molar-refractivity contribution in [2.45, 2.75) is 25.9 Å². The Labute approximate surface area is 117 Å². The highest BCUT2D eigenvalue weighted by atomic mass is 32.2. The van der Waals surface area contributed by atoms with Gasteiger partial charge in [0, 0.05) is 22.8 Å². The van der Waals surface area contributed by atoms with Crippen LogP contribution in [0.4, 0.5) is 4.79 Å². The Balaban J connectivity index is 1.86. The van der Waals surface area contributed by atoms with Gasteiger partial charge in [-0.25, -0.2) is 13.2 Å². The normalized spacial score (nSPS) is 21.3. The first kappa shape index (κ1) is 14.3. The molecule has 1 atom stereocenters. The molecule has 1 aliphatic rings. The zero-order valence-electron chi connectivity index (χ0n) is 11.0. The summed E-state index contributed by atoms with van der Waals surface area (Å²) in [5, 5.41) is 2.77. The third kappa shape index (κ3) is 3.94. The van der Waals surface area contributed by atoms with Crippen LogP contribution in [0.1, 0.15) is 16.2 Å². The maximum atomic E-state index is 11.9. The molecular formula is C12H18N2O3S2. The lowest BCUT2D eigenvalue weighted by atomic mass is 10.3. The van der Waals surface area contributed by atoms with Gasteiger partial charge in [-0.2, -0.15) is 0 Å². The highest BCUT2D eigenvalue weighted by Crippen LogP contribution is 2.17. The molecule has 1 unspecified atom stereocenters. The topological polar surface area (TPSA) is 66.5 Å². The summed E-state index contributed by atoms with van der Waals surface area (Å²) in [4.78, 5) is 15.9. The van der Waals surface area contributed by atoms with Crippen LogP contribution in [0.2, 0.25) is 0 Å². The van der Waals surface area contributed by atoms with E-state index in [0.29, 0.717) is 13.0 Å². The fourth-order valence-electron chi connectivity index (χ4n) is 2.07. The zero-order chi connectivity index (χ0) is 14.0. The summed E-state index contributed by atoms with van der Waals surface area (Å²) in [6.45, 7) is 2.57. The summed E-state index contributed by atoms with van der Waals surface area (Å²) in [5.74, 6) is 0.233. The molecule has 0 radical (unpaired) electrons. The second-order valence-corrected chi connectivity index (χ2v) is 8.52. The average molecular weight is 302 g/mol. The lowest BCUT2D eigenvalue weighted by Gasteiger charge is -2.19. The van der Waals surface area contributed by atoms with Gasteiger partial charge in [-0.3, -0.25) is 0 Å². The van der Waals surface area contributed by atoms with Crippen molar-refractivity contribution >= 4 is 27.2 Å². The van der Waals surface area contributed by atoms with E-state index in [2.05, 4.69) is 5.32 Å². The minimum absolute atomic E-state index is 0.0602. The van der Waals surface area contributed by atoms with E-state index in [0.717, 1.165) is 4.88 Å².